The van der Waals surface area contributed by atoms with Crippen LogP contribution in [0, 0.1) is 18.3 Å². The first kappa shape index (κ1) is 11.1. The summed E-state index contributed by atoms with van der Waals surface area (Å²) in [6.07, 6.45) is 7.41. The van der Waals surface area contributed by atoms with Gasteiger partial charge in [-0.15, -0.1) is 12.3 Å². The predicted octanol–water partition coefficient (Wildman–Crippen LogP) is 0.941. The van der Waals surface area contributed by atoms with Gasteiger partial charge in [0.05, 0.1) is 0 Å². The zero-order chi connectivity index (χ0) is 10.4. The molecule has 1 fully saturated rings. The van der Waals surface area contributed by atoms with Crippen molar-refractivity contribution in [2.75, 3.05) is 13.2 Å². The third-order valence-electron chi connectivity index (χ3n) is 2.40. The molecule has 1 aliphatic heterocycles. The molecule has 1 amide bonds. The minimum atomic E-state index is 0.0790. The van der Waals surface area contributed by atoms with Gasteiger partial charge in [-0.1, -0.05) is 0 Å². The van der Waals surface area contributed by atoms with Gasteiger partial charge in [0.25, 0.3) is 0 Å². The number of carbonyl (C=O) groups is 1. The van der Waals surface area contributed by atoms with Gasteiger partial charge in [-0.05, 0) is 19.8 Å². The molecular weight excluding hydrogens is 178 g/mol. The van der Waals surface area contributed by atoms with Crippen LogP contribution in [-0.4, -0.2) is 25.2 Å². The van der Waals surface area contributed by atoms with Crippen LogP contribution in [0.3, 0.4) is 0 Å². The van der Waals surface area contributed by atoms with Gasteiger partial charge in [0, 0.05) is 31.6 Å². The number of carbonyl (C=O) groups excluding carboxylic acids is 1. The van der Waals surface area contributed by atoms with Crippen molar-refractivity contribution in [2.24, 2.45) is 5.92 Å². The van der Waals surface area contributed by atoms with Crippen LogP contribution >= 0.6 is 0 Å². The quantitative estimate of drug-likeness (QED) is 0.681. The van der Waals surface area contributed by atoms with E-state index in [2.05, 4.69) is 11.2 Å². The molecule has 1 N–H and O–H groups in total. The van der Waals surface area contributed by atoms with E-state index in [1.165, 1.54) is 0 Å². The van der Waals surface area contributed by atoms with Crippen molar-refractivity contribution in [1.29, 1.82) is 0 Å². The van der Waals surface area contributed by atoms with E-state index in [1.54, 1.807) is 0 Å². The maximum absolute atomic E-state index is 11.6. The average molecular weight is 195 g/mol. The van der Waals surface area contributed by atoms with Gasteiger partial charge in [0.15, 0.2) is 0 Å². The Labute approximate surface area is 85.2 Å². The van der Waals surface area contributed by atoms with E-state index in [1.807, 2.05) is 6.92 Å². The summed E-state index contributed by atoms with van der Waals surface area (Å²) < 4.78 is 5.19. The number of rotatable bonds is 3. The Kier molecular flexibility index (Phi) is 4.48. The van der Waals surface area contributed by atoms with Crippen molar-refractivity contribution in [3.8, 4) is 12.3 Å². The van der Waals surface area contributed by atoms with Crippen molar-refractivity contribution in [1.82, 2.24) is 5.32 Å². The molecule has 3 heteroatoms. The summed E-state index contributed by atoms with van der Waals surface area (Å²) in [4.78, 5) is 11.6. The summed E-state index contributed by atoms with van der Waals surface area (Å²) in [7, 11) is 0. The molecule has 0 aromatic carbocycles. The molecule has 3 nitrogen and oxygen atoms in total. The first-order valence-corrected chi connectivity index (χ1v) is 5.05. The third kappa shape index (κ3) is 3.39. The van der Waals surface area contributed by atoms with E-state index in [0.29, 0.717) is 19.6 Å². The smallest absolute Gasteiger partial charge is 0.223 e. The van der Waals surface area contributed by atoms with Crippen LogP contribution in [0.25, 0.3) is 0 Å². The zero-order valence-corrected chi connectivity index (χ0v) is 8.58. The first-order valence-electron chi connectivity index (χ1n) is 5.05. The molecule has 1 saturated heterocycles. The molecule has 0 radical (unpaired) electrons. The van der Waals surface area contributed by atoms with Crippen molar-refractivity contribution in [3.63, 3.8) is 0 Å². The number of hydrogen-bond acceptors (Lipinski definition) is 2. The molecule has 1 unspecified atom stereocenters. The Morgan fingerprint density at radius 1 is 1.64 bits per heavy atom. The van der Waals surface area contributed by atoms with E-state index in [0.717, 1.165) is 12.8 Å². The van der Waals surface area contributed by atoms with Gasteiger partial charge in [0.1, 0.15) is 0 Å². The summed E-state index contributed by atoms with van der Waals surface area (Å²) in [5, 5.41) is 2.91. The Bertz CT molecular complexity index is 226. The highest BCUT2D eigenvalue weighted by atomic mass is 16.5. The van der Waals surface area contributed by atoms with Gasteiger partial charge in [0.2, 0.25) is 5.91 Å². The second-order valence-electron chi connectivity index (χ2n) is 3.70. The van der Waals surface area contributed by atoms with Crippen LogP contribution in [-0.2, 0) is 9.53 Å². The van der Waals surface area contributed by atoms with Crippen LogP contribution in [0.15, 0.2) is 0 Å². The van der Waals surface area contributed by atoms with Crippen molar-refractivity contribution < 1.29 is 9.53 Å². The predicted molar refractivity (Wildman–Crippen MR) is 54.6 cm³/mol. The Balaban J connectivity index is 2.30. The molecule has 0 aromatic heterocycles. The van der Waals surface area contributed by atoms with Gasteiger partial charge < -0.3 is 10.1 Å². The maximum Gasteiger partial charge on any atom is 0.223 e. The van der Waals surface area contributed by atoms with E-state index < -0.39 is 0 Å². The van der Waals surface area contributed by atoms with Gasteiger partial charge >= 0.3 is 0 Å². The fraction of sp³-hybridized carbons (Fsp3) is 0.727. The summed E-state index contributed by atoms with van der Waals surface area (Å²) >= 11 is 0. The summed E-state index contributed by atoms with van der Waals surface area (Å²) in [6, 6.07) is 0.0790. The van der Waals surface area contributed by atoms with Crippen LogP contribution in [0.5, 0.6) is 0 Å². The average Bonchev–Trinajstić information content (AvgIpc) is 2.19. The summed E-state index contributed by atoms with van der Waals surface area (Å²) in [5.74, 6) is 2.77. The molecule has 0 spiro atoms. The molecule has 0 bridgehead atoms. The standard InChI is InChI=1S/C11H17NO2/c1-3-4-9(2)12-11(13)10-5-7-14-8-6-10/h1,9-10H,4-8H2,2H3,(H,12,13). The molecule has 0 aromatic rings. The molecule has 1 atom stereocenters. The van der Waals surface area contributed by atoms with Gasteiger partial charge in [-0.2, -0.15) is 0 Å². The van der Waals surface area contributed by atoms with Gasteiger partial charge in [-0.3, -0.25) is 4.79 Å². The fourth-order valence-corrected chi connectivity index (χ4v) is 1.55. The minimum absolute atomic E-state index is 0.0790. The number of amides is 1. The van der Waals surface area contributed by atoms with Crippen LogP contribution < -0.4 is 5.32 Å². The molecular formula is C11H17NO2. The molecule has 0 aliphatic carbocycles. The van der Waals surface area contributed by atoms with Crippen LogP contribution in [0.4, 0.5) is 0 Å². The molecule has 1 aliphatic rings. The highest BCUT2D eigenvalue weighted by Gasteiger charge is 2.22. The third-order valence-corrected chi connectivity index (χ3v) is 2.40. The van der Waals surface area contributed by atoms with Crippen molar-refractivity contribution in [2.45, 2.75) is 32.2 Å². The van der Waals surface area contributed by atoms with Crippen molar-refractivity contribution >= 4 is 5.91 Å². The van der Waals surface area contributed by atoms with E-state index in [9.17, 15) is 4.79 Å². The normalized spacial score (nSPS) is 19.7. The Morgan fingerprint density at radius 2 is 2.29 bits per heavy atom. The molecule has 78 valence electrons. The van der Waals surface area contributed by atoms with Crippen LogP contribution in [0.1, 0.15) is 26.2 Å². The zero-order valence-electron chi connectivity index (χ0n) is 8.58. The second-order valence-corrected chi connectivity index (χ2v) is 3.70. The topological polar surface area (TPSA) is 38.3 Å². The maximum atomic E-state index is 11.6. The Hall–Kier alpha value is -1.01. The largest absolute Gasteiger partial charge is 0.381 e. The number of ether oxygens (including phenoxy) is 1. The fourth-order valence-electron chi connectivity index (χ4n) is 1.55. The monoisotopic (exact) mass is 195 g/mol. The lowest BCUT2D eigenvalue weighted by Gasteiger charge is -2.22. The number of hydrogen-bond donors (Lipinski definition) is 1. The lowest BCUT2D eigenvalue weighted by atomic mass is 9.99. The van der Waals surface area contributed by atoms with Crippen LogP contribution in [0.2, 0.25) is 0 Å². The molecule has 1 rings (SSSR count). The lowest BCUT2D eigenvalue weighted by Crippen LogP contribution is -2.39. The molecule has 1 heterocycles. The SMILES string of the molecule is C#CCC(C)NC(=O)C1CCOCC1. The van der Waals surface area contributed by atoms with E-state index >= 15 is 0 Å². The summed E-state index contributed by atoms with van der Waals surface area (Å²) in [5.41, 5.74) is 0. The second kappa shape index (κ2) is 5.66. The molecule has 14 heavy (non-hydrogen) atoms. The lowest BCUT2D eigenvalue weighted by molar-refractivity contribution is -0.128. The van der Waals surface area contributed by atoms with E-state index in [-0.39, 0.29) is 17.9 Å². The highest BCUT2D eigenvalue weighted by molar-refractivity contribution is 5.79. The first-order chi connectivity index (χ1) is 6.74. The van der Waals surface area contributed by atoms with E-state index in [4.69, 9.17) is 11.2 Å². The Morgan fingerprint density at radius 3 is 2.86 bits per heavy atom. The molecule has 0 saturated carbocycles. The van der Waals surface area contributed by atoms with Crippen molar-refractivity contribution in [3.05, 3.63) is 0 Å². The minimum Gasteiger partial charge on any atom is -0.381 e. The number of nitrogens with one attached hydrogen (secondary N) is 1. The summed E-state index contributed by atoms with van der Waals surface area (Å²) in [6.45, 7) is 3.32. The van der Waals surface area contributed by atoms with Gasteiger partial charge in [-0.25, -0.2) is 0 Å². The number of terminal acetylenes is 1. The highest BCUT2D eigenvalue weighted by Crippen LogP contribution is 2.14.